The van der Waals surface area contributed by atoms with Crippen LogP contribution in [0.4, 0.5) is 24.7 Å². The maximum Gasteiger partial charge on any atom is 0.250 e. The van der Waals surface area contributed by atoms with Crippen molar-refractivity contribution in [3.8, 4) is 0 Å². The van der Waals surface area contributed by atoms with Gasteiger partial charge in [-0.3, -0.25) is 9.48 Å². The highest BCUT2D eigenvalue weighted by atomic mass is 19.2. The van der Waals surface area contributed by atoms with Crippen LogP contribution in [-0.2, 0) is 24.2 Å². The number of anilines is 2. The molecule has 2 aromatic heterocycles. The molecule has 0 spiro atoms. The van der Waals surface area contributed by atoms with Gasteiger partial charge in [-0.05, 0) is 50.5 Å². The van der Waals surface area contributed by atoms with Gasteiger partial charge in [0, 0.05) is 19.7 Å². The molecule has 0 saturated carbocycles. The Balaban J connectivity index is 1.48. The van der Waals surface area contributed by atoms with E-state index in [4.69, 9.17) is 0 Å². The summed E-state index contributed by atoms with van der Waals surface area (Å²) in [7, 11) is 1.71. The number of amides is 1. The summed E-state index contributed by atoms with van der Waals surface area (Å²) in [5.74, 6) is -3.21. The molecule has 0 radical (unpaired) electrons. The molecule has 0 unspecified atom stereocenters. The normalized spacial score (nSPS) is 15.9. The molecule has 1 aliphatic rings. The molecule has 3 aromatic rings. The van der Waals surface area contributed by atoms with E-state index in [9.17, 15) is 23.1 Å². The SMILES string of the molecule is Cc1nc(CCc2cnn(Cc3cc(F)c(F)c(F)c3)c2)nc2c1NC(=O)[C@H](C(C)(C)O)N2C. The van der Waals surface area contributed by atoms with E-state index in [1.165, 1.54) is 4.68 Å². The molecule has 0 bridgehead atoms. The Bertz CT molecular complexity index is 1230. The zero-order valence-electron chi connectivity index (χ0n) is 19.2. The quantitative estimate of drug-likeness (QED) is 0.534. The Kier molecular flexibility index (Phi) is 6.07. The molecule has 180 valence electrons. The molecule has 1 amide bonds. The number of hydrogen-bond donors (Lipinski definition) is 2. The minimum atomic E-state index is -1.50. The molecule has 1 aliphatic heterocycles. The summed E-state index contributed by atoms with van der Waals surface area (Å²) in [4.78, 5) is 23.3. The second kappa shape index (κ2) is 8.71. The molecule has 8 nitrogen and oxygen atoms in total. The van der Waals surface area contributed by atoms with Gasteiger partial charge in [0.15, 0.2) is 23.3 Å². The first-order chi connectivity index (χ1) is 15.9. The maximum absolute atomic E-state index is 13.4. The predicted octanol–water partition coefficient (Wildman–Crippen LogP) is 2.76. The Labute approximate surface area is 194 Å². The predicted molar refractivity (Wildman–Crippen MR) is 119 cm³/mol. The van der Waals surface area contributed by atoms with Gasteiger partial charge < -0.3 is 15.3 Å². The van der Waals surface area contributed by atoms with E-state index < -0.39 is 29.1 Å². The van der Waals surface area contributed by atoms with Gasteiger partial charge in [0.1, 0.15) is 17.6 Å². The molecule has 1 atom stereocenters. The number of nitrogens with one attached hydrogen (secondary N) is 1. The lowest BCUT2D eigenvalue weighted by Crippen LogP contribution is -2.57. The number of hydrogen-bond acceptors (Lipinski definition) is 6. The number of aliphatic hydroxyl groups is 1. The summed E-state index contributed by atoms with van der Waals surface area (Å²) in [5.41, 5.74) is 0.971. The minimum Gasteiger partial charge on any atom is -0.388 e. The molecule has 3 heterocycles. The summed E-state index contributed by atoms with van der Waals surface area (Å²) in [6.45, 7) is 5.01. The zero-order chi connectivity index (χ0) is 24.8. The van der Waals surface area contributed by atoms with Crippen LogP contribution in [0.15, 0.2) is 24.5 Å². The lowest BCUT2D eigenvalue weighted by molar-refractivity contribution is -0.122. The number of aromatic nitrogens is 4. The van der Waals surface area contributed by atoms with Crippen molar-refractivity contribution in [1.82, 2.24) is 19.7 Å². The number of likely N-dealkylation sites (N-methyl/N-ethyl adjacent to an activating group) is 1. The number of benzene rings is 1. The van der Waals surface area contributed by atoms with Crippen molar-refractivity contribution >= 4 is 17.4 Å². The third-order valence-corrected chi connectivity index (χ3v) is 5.72. The molecule has 0 aliphatic carbocycles. The summed E-state index contributed by atoms with van der Waals surface area (Å²) in [6, 6.07) is 1.08. The van der Waals surface area contributed by atoms with E-state index in [1.54, 1.807) is 45.1 Å². The van der Waals surface area contributed by atoms with Gasteiger partial charge in [-0.15, -0.1) is 0 Å². The lowest BCUT2D eigenvalue weighted by atomic mass is 9.94. The largest absolute Gasteiger partial charge is 0.388 e. The number of fused-ring (bicyclic) bond motifs is 1. The van der Waals surface area contributed by atoms with Gasteiger partial charge in [0.25, 0.3) is 0 Å². The maximum atomic E-state index is 13.4. The third kappa shape index (κ3) is 4.60. The van der Waals surface area contributed by atoms with E-state index in [2.05, 4.69) is 20.4 Å². The molecule has 0 fully saturated rings. The van der Waals surface area contributed by atoms with Gasteiger partial charge in [-0.1, -0.05) is 0 Å². The number of halogens is 3. The van der Waals surface area contributed by atoms with Crippen molar-refractivity contribution in [2.24, 2.45) is 0 Å². The number of carbonyl (C=O) groups is 1. The minimum absolute atomic E-state index is 0.0887. The Morgan fingerprint density at radius 3 is 2.44 bits per heavy atom. The van der Waals surface area contributed by atoms with Crippen molar-refractivity contribution < 1.29 is 23.1 Å². The molecule has 2 N–H and O–H groups in total. The highest BCUT2D eigenvalue weighted by Gasteiger charge is 2.42. The van der Waals surface area contributed by atoms with Gasteiger partial charge in [0.05, 0.1) is 24.0 Å². The van der Waals surface area contributed by atoms with Gasteiger partial charge in [0.2, 0.25) is 5.91 Å². The number of rotatable bonds is 6. The number of nitrogens with zero attached hydrogens (tertiary/aromatic N) is 5. The first-order valence-corrected chi connectivity index (χ1v) is 10.7. The molecular formula is C23H25F3N6O2. The van der Waals surface area contributed by atoms with Crippen LogP contribution >= 0.6 is 0 Å². The highest BCUT2D eigenvalue weighted by molar-refractivity contribution is 6.04. The molecule has 0 saturated heterocycles. The van der Waals surface area contributed by atoms with E-state index in [1.807, 2.05) is 0 Å². The Hall–Kier alpha value is -3.47. The Morgan fingerprint density at radius 2 is 1.79 bits per heavy atom. The van der Waals surface area contributed by atoms with E-state index in [0.29, 0.717) is 35.9 Å². The summed E-state index contributed by atoms with van der Waals surface area (Å²) in [5, 5.41) is 17.4. The van der Waals surface area contributed by atoms with Crippen molar-refractivity contribution in [1.29, 1.82) is 0 Å². The first kappa shape index (κ1) is 23.7. The van der Waals surface area contributed by atoms with Crippen LogP contribution in [0.5, 0.6) is 0 Å². The number of aryl methyl sites for hydroxylation is 3. The van der Waals surface area contributed by atoms with Crippen LogP contribution in [-0.4, -0.2) is 49.5 Å². The number of carbonyl (C=O) groups excluding carboxylic acids is 1. The second-order valence-electron chi connectivity index (χ2n) is 9.00. The third-order valence-electron chi connectivity index (χ3n) is 5.72. The molecule has 11 heteroatoms. The zero-order valence-corrected chi connectivity index (χ0v) is 19.2. The highest BCUT2D eigenvalue weighted by Crippen LogP contribution is 2.34. The van der Waals surface area contributed by atoms with E-state index in [-0.39, 0.29) is 18.0 Å². The van der Waals surface area contributed by atoms with Crippen LogP contribution in [0.1, 0.15) is 36.5 Å². The monoisotopic (exact) mass is 474 g/mol. The molecule has 34 heavy (non-hydrogen) atoms. The van der Waals surface area contributed by atoms with Gasteiger partial charge in [-0.2, -0.15) is 5.10 Å². The van der Waals surface area contributed by atoms with Crippen molar-refractivity contribution in [2.45, 2.75) is 51.8 Å². The summed E-state index contributed by atoms with van der Waals surface area (Å²) >= 11 is 0. The summed E-state index contributed by atoms with van der Waals surface area (Å²) < 4.78 is 41.6. The van der Waals surface area contributed by atoms with Gasteiger partial charge in [-0.25, -0.2) is 23.1 Å². The van der Waals surface area contributed by atoms with Crippen LogP contribution < -0.4 is 10.2 Å². The average molecular weight is 474 g/mol. The van der Waals surface area contributed by atoms with Gasteiger partial charge >= 0.3 is 0 Å². The van der Waals surface area contributed by atoms with Crippen LogP contribution in [0, 0.1) is 24.4 Å². The van der Waals surface area contributed by atoms with E-state index >= 15 is 0 Å². The van der Waals surface area contributed by atoms with E-state index in [0.717, 1.165) is 17.7 Å². The van der Waals surface area contributed by atoms with Crippen molar-refractivity contribution in [3.63, 3.8) is 0 Å². The Morgan fingerprint density at radius 1 is 1.12 bits per heavy atom. The lowest BCUT2D eigenvalue weighted by Gasteiger charge is -2.40. The molecule has 1 aromatic carbocycles. The fraction of sp³-hybridized carbons (Fsp3) is 0.391. The first-order valence-electron chi connectivity index (χ1n) is 10.7. The van der Waals surface area contributed by atoms with Crippen LogP contribution in [0.2, 0.25) is 0 Å². The van der Waals surface area contributed by atoms with Crippen LogP contribution in [0.3, 0.4) is 0 Å². The second-order valence-corrected chi connectivity index (χ2v) is 9.00. The average Bonchev–Trinajstić information content (AvgIpc) is 3.17. The van der Waals surface area contributed by atoms with Crippen molar-refractivity contribution in [2.75, 3.05) is 17.3 Å². The van der Waals surface area contributed by atoms with Crippen molar-refractivity contribution in [3.05, 3.63) is 64.6 Å². The van der Waals surface area contributed by atoms with Crippen LogP contribution in [0.25, 0.3) is 0 Å². The fourth-order valence-electron chi connectivity index (χ4n) is 4.18. The standard InChI is InChI=1S/C23H25F3N6O2/c1-12-19-21(31(4)20(22(33)30-19)23(2,3)34)29-17(28-12)6-5-13-9-27-32(10-13)11-14-7-15(24)18(26)16(25)8-14/h7-10,20,34H,5-6,11H2,1-4H3,(H,30,33)/t20-/m1/s1. The smallest absolute Gasteiger partial charge is 0.250 e. The summed E-state index contributed by atoms with van der Waals surface area (Å²) in [6.07, 6.45) is 4.41. The molecular weight excluding hydrogens is 449 g/mol. The topological polar surface area (TPSA) is 96.2 Å². The fourth-order valence-corrected chi connectivity index (χ4v) is 4.18. The molecule has 4 rings (SSSR count).